The molecule has 0 saturated carbocycles. The zero-order valence-corrected chi connectivity index (χ0v) is 16.5. The van der Waals surface area contributed by atoms with E-state index >= 15 is 0 Å². The van der Waals surface area contributed by atoms with Crippen molar-refractivity contribution in [3.8, 4) is 11.5 Å². The Bertz CT molecular complexity index is 827. The number of carbonyl (C=O) groups is 2. The lowest BCUT2D eigenvalue weighted by atomic mass is 10.1. The number of benzene rings is 2. The second-order valence-electron chi connectivity index (χ2n) is 5.97. The number of nitrogens with one attached hydrogen (secondary N) is 1. The molecule has 0 aliphatic heterocycles. The van der Waals surface area contributed by atoms with Gasteiger partial charge >= 0.3 is 0 Å². The minimum atomic E-state index is -0.281. The van der Waals surface area contributed by atoms with Crippen molar-refractivity contribution < 1.29 is 19.1 Å². The van der Waals surface area contributed by atoms with E-state index in [2.05, 4.69) is 11.9 Å². The van der Waals surface area contributed by atoms with Crippen molar-refractivity contribution in [3.05, 3.63) is 66.2 Å². The lowest BCUT2D eigenvalue weighted by Crippen LogP contribution is -2.30. The molecule has 0 fully saturated rings. The Morgan fingerprint density at radius 2 is 1.68 bits per heavy atom. The van der Waals surface area contributed by atoms with E-state index in [0.29, 0.717) is 48.0 Å². The van der Waals surface area contributed by atoms with Crippen LogP contribution in [0.2, 0.25) is 0 Å². The van der Waals surface area contributed by atoms with Crippen molar-refractivity contribution in [3.63, 3.8) is 0 Å². The van der Waals surface area contributed by atoms with Crippen LogP contribution >= 0.6 is 0 Å². The third-order valence-corrected chi connectivity index (χ3v) is 4.22. The maximum Gasteiger partial charge on any atom is 0.255 e. The number of rotatable bonds is 9. The van der Waals surface area contributed by atoms with Crippen LogP contribution in [0.15, 0.2) is 55.1 Å². The Morgan fingerprint density at radius 3 is 2.25 bits per heavy atom. The van der Waals surface area contributed by atoms with E-state index in [-0.39, 0.29) is 11.8 Å². The summed E-state index contributed by atoms with van der Waals surface area (Å²) in [5, 5.41) is 2.82. The maximum atomic E-state index is 12.5. The van der Waals surface area contributed by atoms with Gasteiger partial charge in [0, 0.05) is 29.9 Å². The van der Waals surface area contributed by atoms with Crippen LogP contribution in [0.25, 0.3) is 0 Å². The predicted octanol–water partition coefficient (Wildman–Crippen LogP) is 3.99. The third kappa shape index (κ3) is 5.13. The van der Waals surface area contributed by atoms with Gasteiger partial charge in [-0.05, 0) is 56.3 Å². The number of hydrogen-bond acceptors (Lipinski definition) is 4. The molecule has 0 heterocycles. The van der Waals surface area contributed by atoms with Crippen molar-refractivity contribution in [1.29, 1.82) is 0 Å². The highest BCUT2D eigenvalue weighted by atomic mass is 16.5. The highest BCUT2D eigenvalue weighted by Crippen LogP contribution is 2.28. The smallest absolute Gasteiger partial charge is 0.255 e. The highest BCUT2D eigenvalue weighted by Gasteiger charge is 2.14. The zero-order valence-electron chi connectivity index (χ0n) is 16.5. The molecule has 0 atom stereocenters. The molecule has 2 aromatic carbocycles. The molecule has 0 saturated heterocycles. The van der Waals surface area contributed by atoms with Gasteiger partial charge in [0.2, 0.25) is 0 Å². The van der Waals surface area contributed by atoms with Gasteiger partial charge in [-0.15, -0.1) is 0 Å². The van der Waals surface area contributed by atoms with Crippen LogP contribution in [-0.4, -0.2) is 43.5 Å². The van der Waals surface area contributed by atoms with Crippen molar-refractivity contribution in [2.45, 2.75) is 13.8 Å². The summed E-state index contributed by atoms with van der Waals surface area (Å²) in [7, 11) is 1.52. The Hall–Kier alpha value is -3.28. The van der Waals surface area contributed by atoms with Gasteiger partial charge in [0.1, 0.15) is 6.61 Å². The van der Waals surface area contributed by atoms with Gasteiger partial charge in [0.05, 0.1) is 7.11 Å². The Morgan fingerprint density at radius 1 is 1.04 bits per heavy atom. The minimum absolute atomic E-state index is 0.0253. The highest BCUT2D eigenvalue weighted by molar-refractivity contribution is 6.05. The first-order chi connectivity index (χ1) is 13.5. The van der Waals surface area contributed by atoms with Gasteiger partial charge in [-0.2, -0.15) is 0 Å². The number of nitrogens with zero attached hydrogens (tertiary/aromatic N) is 1. The van der Waals surface area contributed by atoms with Crippen LogP contribution in [0.5, 0.6) is 11.5 Å². The molecule has 28 heavy (non-hydrogen) atoms. The maximum absolute atomic E-state index is 12.5. The number of amides is 2. The van der Waals surface area contributed by atoms with Crippen LogP contribution in [0, 0.1) is 0 Å². The summed E-state index contributed by atoms with van der Waals surface area (Å²) < 4.78 is 10.8. The third-order valence-electron chi connectivity index (χ3n) is 4.22. The first-order valence-electron chi connectivity index (χ1n) is 9.16. The molecule has 0 aliphatic rings. The van der Waals surface area contributed by atoms with Crippen LogP contribution in [0.4, 0.5) is 5.69 Å². The van der Waals surface area contributed by atoms with Crippen molar-refractivity contribution in [2.24, 2.45) is 0 Å². The average Bonchev–Trinajstić information content (AvgIpc) is 2.73. The fourth-order valence-corrected chi connectivity index (χ4v) is 2.67. The Balaban J connectivity index is 2.10. The first kappa shape index (κ1) is 21.0. The summed E-state index contributed by atoms with van der Waals surface area (Å²) in [5.74, 6) is 0.701. The fourth-order valence-electron chi connectivity index (χ4n) is 2.67. The SMILES string of the molecule is C=CCOc1ccc(C(=O)Nc2ccc(C(=O)N(CC)CC)cc2)cc1OC. The Kier molecular flexibility index (Phi) is 7.63. The van der Waals surface area contributed by atoms with E-state index in [1.165, 1.54) is 7.11 Å². The molecule has 0 aliphatic carbocycles. The molecule has 6 nitrogen and oxygen atoms in total. The normalized spacial score (nSPS) is 10.1. The van der Waals surface area contributed by atoms with Gasteiger partial charge in [0.25, 0.3) is 11.8 Å². The van der Waals surface area contributed by atoms with Crippen LogP contribution in [0.1, 0.15) is 34.6 Å². The second-order valence-corrected chi connectivity index (χ2v) is 5.97. The van der Waals surface area contributed by atoms with Crippen LogP contribution < -0.4 is 14.8 Å². The summed E-state index contributed by atoms with van der Waals surface area (Å²) >= 11 is 0. The number of ether oxygens (including phenoxy) is 2. The molecule has 0 unspecified atom stereocenters. The van der Waals surface area contributed by atoms with Gasteiger partial charge in [-0.1, -0.05) is 12.7 Å². The lowest BCUT2D eigenvalue weighted by molar-refractivity contribution is 0.0773. The molecule has 0 radical (unpaired) electrons. The quantitative estimate of drug-likeness (QED) is 0.666. The number of methoxy groups -OCH3 is 1. The fraction of sp³-hybridized carbons (Fsp3) is 0.273. The zero-order chi connectivity index (χ0) is 20.5. The molecule has 2 aromatic rings. The van der Waals surface area contributed by atoms with Crippen molar-refractivity contribution in [2.75, 3.05) is 32.1 Å². The predicted molar refractivity (Wildman–Crippen MR) is 110 cm³/mol. The van der Waals surface area contributed by atoms with Crippen molar-refractivity contribution in [1.82, 2.24) is 4.90 Å². The van der Waals surface area contributed by atoms with Gasteiger partial charge in [-0.25, -0.2) is 0 Å². The van der Waals surface area contributed by atoms with E-state index in [0.717, 1.165) is 0 Å². The first-order valence-corrected chi connectivity index (χ1v) is 9.16. The topological polar surface area (TPSA) is 67.9 Å². The molecule has 0 aromatic heterocycles. The molecule has 0 spiro atoms. The number of anilines is 1. The van der Waals surface area contributed by atoms with E-state index in [4.69, 9.17) is 9.47 Å². The van der Waals surface area contributed by atoms with Gasteiger partial charge in [0.15, 0.2) is 11.5 Å². The average molecular weight is 382 g/mol. The molecule has 2 rings (SSSR count). The van der Waals surface area contributed by atoms with E-state index in [1.54, 1.807) is 53.4 Å². The monoisotopic (exact) mass is 382 g/mol. The minimum Gasteiger partial charge on any atom is -0.493 e. The molecule has 1 N–H and O–H groups in total. The summed E-state index contributed by atoms with van der Waals surface area (Å²) in [6.45, 7) is 9.15. The second kappa shape index (κ2) is 10.2. The van der Waals surface area contributed by atoms with E-state index < -0.39 is 0 Å². The summed E-state index contributed by atoms with van der Waals surface area (Å²) in [6.07, 6.45) is 1.63. The van der Waals surface area contributed by atoms with Gasteiger partial charge in [-0.3, -0.25) is 9.59 Å². The molecule has 0 bridgehead atoms. The molecule has 6 heteroatoms. The largest absolute Gasteiger partial charge is 0.493 e. The lowest BCUT2D eigenvalue weighted by Gasteiger charge is -2.18. The standard InChI is InChI=1S/C22H26N2O4/c1-5-14-28-19-13-10-17(15-20(19)27-4)21(25)23-18-11-8-16(9-12-18)22(26)24(6-2)7-3/h5,8-13,15H,1,6-7,14H2,2-4H3,(H,23,25). The van der Waals surface area contributed by atoms with Gasteiger partial charge < -0.3 is 19.7 Å². The molecule has 2 amide bonds. The summed E-state index contributed by atoms with van der Waals surface area (Å²) in [6, 6.07) is 11.8. The van der Waals surface area contributed by atoms with E-state index in [9.17, 15) is 9.59 Å². The molecule has 148 valence electrons. The van der Waals surface area contributed by atoms with E-state index in [1.807, 2.05) is 13.8 Å². The summed E-state index contributed by atoms with van der Waals surface area (Å²) in [4.78, 5) is 26.6. The number of hydrogen-bond donors (Lipinski definition) is 1. The molecular formula is C22H26N2O4. The van der Waals surface area contributed by atoms with Crippen molar-refractivity contribution >= 4 is 17.5 Å². The summed E-state index contributed by atoms with van der Waals surface area (Å²) in [5.41, 5.74) is 1.63. The van der Waals surface area contributed by atoms with Crippen LogP contribution in [-0.2, 0) is 0 Å². The number of carbonyl (C=O) groups excluding carboxylic acids is 2. The van der Waals surface area contributed by atoms with Crippen LogP contribution in [0.3, 0.4) is 0 Å². The Labute approximate surface area is 165 Å². The molecular weight excluding hydrogens is 356 g/mol.